The Morgan fingerprint density at radius 3 is 2.64 bits per heavy atom. The predicted molar refractivity (Wildman–Crippen MR) is 134 cm³/mol. The molecule has 3 heterocycles. The highest BCUT2D eigenvalue weighted by Gasteiger charge is 2.33. The van der Waals surface area contributed by atoms with Crippen LogP contribution in [0.15, 0.2) is 34.0 Å². The highest BCUT2D eigenvalue weighted by atomic mass is 35.5. The Morgan fingerprint density at radius 1 is 1.27 bits per heavy atom. The molecule has 2 aromatic rings. The average Bonchev–Trinajstić information content (AvgIpc) is 3.07. The van der Waals surface area contributed by atoms with Crippen molar-refractivity contribution in [2.24, 2.45) is 7.05 Å². The molecule has 0 aliphatic carbocycles. The van der Waals surface area contributed by atoms with E-state index in [-0.39, 0.29) is 23.6 Å². The number of halogens is 1. The third kappa shape index (κ3) is 4.44. The molecule has 0 spiro atoms. The van der Waals surface area contributed by atoms with Crippen LogP contribution in [0.2, 0.25) is 5.02 Å². The predicted octanol–water partition coefficient (Wildman–Crippen LogP) is 3.46. The van der Waals surface area contributed by atoms with Gasteiger partial charge in [-0.2, -0.15) is 5.26 Å². The molecule has 1 aromatic carbocycles. The third-order valence-corrected chi connectivity index (χ3v) is 7.46. The number of morpholine rings is 1. The third-order valence-electron chi connectivity index (χ3n) is 5.71. The largest absolute Gasteiger partial charge is 0.378 e. The topological polar surface area (TPSA) is 78.6 Å². The molecule has 2 saturated heterocycles. The van der Waals surface area contributed by atoms with Crippen molar-refractivity contribution < 1.29 is 9.53 Å². The van der Waals surface area contributed by atoms with E-state index in [2.05, 4.69) is 4.90 Å². The molecule has 2 aliphatic heterocycles. The van der Waals surface area contributed by atoms with Gasteiger partial charge in [0, 0.05) is 30.7 Å². The van der Waals surface area contributed by atoms with Crippen molar-refractivity contribution in [3.63, 3.8) is 0 Å². The van der Waals surface area contributed by atoms with Crippen LogP contribution in [0.1, 0.15) is 22.3 Å². The number of hydrogen-bond donors (Lipinski definition) is 0. The van der Waals surface area contributed by atoms with Crippen LogP contribution >= 0.6 is 35.6 Å². The Hall–Kier alpha value is -2.64. The number of thioether (sulfide) groups is 1. The van der Waals surface area contributed by atoms with E-state index in [9.17, 15) is 14.9 Å². The molecule has 1 aromatic heterocycles. The molecule has 4 rings (SSSR count). The van der Waals surface area contributed by atoms with Crippen LogP contribution in [-0.2, 0) is 23.1 Å². The number of amides is 1. The van der Waals surface area contributed by atoms with Gasteiger partial charge in [-0.25, -0.2) is 0 Å². The summed E-state index contributed by atoms with van der Waals surface area (Å²) in [7, 11) is 1.65. The number of hydrogen-bond acceptors (Lipinski definition) is 7. The molecule has 170 valence electrons. The van der Waals surface area contributed by atoms with Crippen LogP contribution in [0.5, 0.6) is 0 Å². The molecule has 0 bridgehead atoms. The number of carbonyl (C=O) groups is 1. The van der Waals surface area contributed by atoms with E-state index >= 15 is 0 Å². The number of carbonyl (C=O) groups excluding carboxylic acids is 1. The molecule has 7 nitrogen and oxygen atoms in total. The standard InChI is InChI=1S/C23H21ClN4O3S2/c1-14-16(20(27-7-9-31-10-8-27)26(2)21(29)17(14)12-25)11-19-22(30)28(23(32)33-19)13-15-5-3-4-6-18(15)24/h3-6,11H,7-10,13H2,1-2H3/b19-11-. The fourth-order valence-corrected chi connectivity index (χ4v) is 5.37. The first-order valence-electron chi connectivity index (χ1n) is 10.3. The Bertz CT molecular complexity index is 1280. The van der Waals surface area contributed by atoms with Crippen LogP contribution in [0.3, 0.4) is 0 Å². The summed E-state index contributed by atoms with van der Waals surface area (Å²) in [5.41, 5.74) is 1.70. The molecular formula is C23H21ClN4O3S2. The summed E-state index contributed by atoms with van der Waals surface area (Å²) in [5, 5.41) is 10.2. The molecule has 0 unspecified atom stereocenters. The summed E-state index contributed by atoms with van der Waals surface area (Å²) in [5.74, 6) is 0.431. The lowest BCUT2D eigenvalue weighted by molar-refractivity contribution is -0.122. The summed E-state index contributed by atoms with van der Waals surface area (Å²) in [6.45, 7) is 4.28. The molecule has 2 aliphatic rings. The van der Waals surface area contributed by atoms with Gasteiger partial charge in [0.2, 0.25) is 0 Å². The quantitative estimate of drug-likeness (QED) is 0.470. The van der Waals surface area contributed by atoms with Crippen molar-refractivity contribution in [3.8, 4) is 6.07 Å². The summed E-state index contributed by atoms with van der Waals surface area (Å²) in [6, 6.07) is 9.35. The molecule has 0 saturated carbocycles. The monoisotopic (exact) mass is 500 g/mol. The SMILES string of the molecule is Cc1c(/C=C2\SC(=S)N(Cc3ccccc3Cl)C2=O)c(N2CCOCC2)n(C)c(=O)c1C#N. The zero-order chi connectivity index (χ0) is 23.7. The minimum atomic E-state index is -0.361. The number of nitrogens with zero attached hydrogens (tertiary/aromatic N) is 4. The maximum atomic E-state index is 13.3. The van der Waals surface area contributed by atoms with Crippen molar-refractivity contribution in [3.05, 3.63) is 66.8 Å². The summed E-state index contributed by atoms with van der Waals surface area (Å²) in [6.07, 6.45) is 1.74. The van der Waals surface area contributed by atoms with Crippen LogP contribution in [-0.4, -0.2) is 46.0 Å². The van der Waals surface area contributed by atoms with E-state index in [0.717, 1.165) is 5.56 Å². The van der Waals surface area contributed by atoms with E-state index in [4.69, 9.17) is 28.6 Å². The molecule has 2 fully saturated rings. The number of pyridine rings is 1. The van der Waals surface area contributed by atoms with Crippen LogP contribution < -0.4 is 10.5 Å². The maximum Gasteiger partial charge on any atom is 0.270 e. The fraction of sp³-hybridized carbons (Fsp3) is 0.304. The number of benzene rings is 1. The number of nitriles is 1. The number of thiocarbonyl (C=S) groups is 1. The van der Waals surface area contributed by atoms with Gasteiger partial charge in [-0.3, -0.25) is 19.1 Å². The van der Waals surface area contributed by atoms with E-state index in [0.29, 0.717) is 57.5 Å². The van der Waals surface area contributed by atoms with Crippen LogP contribution in [0, 0.1) is 18.3 Å². The van der Waals surface area contributed by atoms with E-state index in [1.807, 2.05) is 24.3 Å². The van der Waals surface area contributed by atoms with Crippen molar-refractivity contribution in [2.75, 3.05) is 31.2 Å². The molecule has 0 radical (unpaired) electrons. The van der Waals surface area contributed by atoms with Gasteiger partial charge in [0.1, 0.15) is 21.8 Å². The van der Waals surface area contributed by atoms with Crippen molar-refractivity contribution in [1.82, 2.24) is 9.47 Å². The lowest BCUT2D eigenvalue weighted by Gasteiger charge is -2.32. The van der Waals surface area contributed by atoms with Gasteiger partial charge in [0.25, 0.3) is 11.5 Å². The Labute approximate surface area is 206 Å². The van der Waals surface area contributed by atoms with Gasteiger partial charge in [-0.05, 0) is 30.2 Å². The van der Waals surface area contributed by atoms with Gasteiger partial charge in [-0.1, -0.05) is 53.8 Å². The second-order valence-corrected chi connectivity index (χ2v) is 9.75. The Kier molecular flexibility index (Phi) is 6.91. The minimum Gasteiger partial charge on any atom is -0.378 e. The summed E-state index contributed by atoms with van der Waals surface area (Å²) in [4.78, 5) is 30.1. The second-order valence-electron chi connectivity index (χ2n) is 7.67. The first kappa shape index (κ1) is 23.5. The van der Waals surface area contributed by atoms with Gasteiger partial charge < -0.3 is 9.64 Å². The number of aromatic nitrogens is 1. The van der Waals surface area contributed by atoms with Crippen LogP contribution in [0.4, 0.5) is 5.82 Å². The average molecular weight is 501 g/mol. The first-order valence-corrected chi connectivity index (χ1v) is 11.9. The number of rotatable bonds is 4. The van der Waals surface area contributed by atoms with Gasteiger partial charge in [-0.15, -0.1) is 0 Å². The maximum absolute atomic E-state index is 13.3. The van der Waals surface area contributed by atoms with Crippen molar-refractivity contribution >= 4 is 57.7 Å². The molecular weight excluding hydrogens is 480 g/mol. The lowest BCUT2D eigenvalue weighted by Crippen LogP contribution is -2.40. The smallest absolute Gasteiger partial charge is 0.270 e. The fourth-order valence-electron chi connectivity index (χ4n) is 3.93. The van der Waals surface area contributed by atoms with Crippen molar-refractivity contribution in [1.29, 1.82) is 5.26 Å². The van der Waals surface area contributed by atoms with Crippen LogP contribution in [0.25, 0.3) is 6.08 Å². The van der Waals surface area contributed by atoms with Gasteiger partial charge in [0.15, 0.2) is 0 Å². The molecule has 33 heavy (non-hydrogen) atoms. The summed E-state index contributed by atoms with van der Waals surface area (Å²) >= 11 is 13.0. The molecule has 0 atom stereocenters. The normalized spacial score (nSPS) is 17.7. The second kappa shape index (κ2) is 9.69. The van der Waals surface area contributed by atoms with Crippen molar-refractivity contribution in [2.45, 2.75) is 13.5 Å². The van der Waals surface area contributed by atoms with Gasteiger partial charge >= 0.3 is 0 Å². The van der Waals surface area contributed by atoms with Gasteiger partial charge in [0.05, 0.1) is 24.7 Å². The summed E-state index contributed by atoms with van der Waals surface area (Å²) < 4.78 is 7.37. The minimum absolute atomic E-state index is 0.0623. The Balaban J connectivity index is 1.78. The zero-order valence-corrected chi connectivity index (χ0v) is 20.5. The highest BCUT2D eigenvalue weighted by Crippen LogP contribution is 2.37. The lowest BCUT2D eigenvalue weighted by atomic mass is 10.0. The molecule has 10 heteroatoms. The Morgan fingerprint density at radius 2 is 1.97 bits per heavy atom. The molecule has 0 N–H and O–H groups in total. The highest BCUT2D eigenvalue weighted by molar-refractivity contribution is 8.26. The molecule has 1 amide bonds. The van der Waals surface area contributed by atoms with E-state index < -0.39 is 0 Å². The van der Waals surface area contributed by atoms with E-state index in [1.54, 1.807) is 26.1 Å². The number of anilines is 1. The zero-order valence-electron chi connectivity index (χ0n) is 18.1. The first-order chi connectivity index (χ1) is 15.8. The number of ether oxygens (including phenoxy) is 1. The van der Waals surface area contributed by atoms with E-state index in [1.165, 1.54) is 21.2 Å².